The van der Waals surface area contributed by atoms with E-state index in [9.17, 15) is 0 Å². The summed E-state index contributed by atoms with van der Waals surface area (Å²) >= 11 is 0. The molecular weight excluding hydrogens is 208 g/mol. The second kappa shape index (κ2) is 6.75. The molecule has 104 valence electrons. The lowest BCUT2D eigenvalue weighted by atomic mass is 9.82. The summed E-state index contributed by atoms with van der Waals surface area (Å²) in [5.74, 6) is 0.751. The Morgan fingerprint density at radius 1 is 1.18 bits per heavy atom. The molecule has 0 fully saturated rings. The van der Waals surface area contributed by atoms with Crippen molar-refractivity contribution >= 4 is 0 Å². The van der Waals surface area contributed by atoms with E-state index in [1.54, 1.807) is 0 Å². The van der Waals surface area contributed by atoms with Gasteiger partial charge in [-0.1, -0.05) is 48.0 Å². The van der Waals surface area contributed by atoms with Crippen molar-refractivity contribution in [2.45, 2.75) is 66.3 Å². The van der Waals surface area contributed by atoms with Crippen LogP contribution in [0.1, 0.15) is 60.8 Å². The molecule has 2 heteroatoms. The predicted octanol–water partition coefficient (Wildman–Crippen LogP) is 3.51. The molecule has 0 radical (unpaired) electrons. The lowest BCUT2D eigenvalue weighted by Crippen LogP contribution is -2.54. The van der Waals surface area contributed by atoms with Gasteiger partial charge in [0.2, 0.25) is 0 Å². The van der Waals surface area contributed by atoms with E-state index in [1.807, 2.05) is 0 Å². The highest BCUT2D eigenvalue weighted by molar-refractivity contribution is 4.91. The van der Waals surface area contributed by atoms with E-state index in [4.69, 9.17) is 5.73 Å². The monoisotopic (exact) mass is 242 g/mol. The van der Waals surface area contributed by atoms with Crippen molar-refractivity contribution in [2.24, 2.45) is 17.1 Å². The molecule has 0 aromatic rings. The van der Waals surface area contributed by atoms with E-state index in [0.717, 1.165) is 25.4 Å². The molecule has 0 saturated carbocycles. The Balaban J connectivity index is 4.79. The zero-order chi connectivity index (χ0) is 13.7. The van der Waals surface area contributed by atoms with Gasteiger partial charge in [-0.2, -0.15) is 0 Å². The first-order valence-electron chi connectivity index (χ1n) is 7.12. The van der Waals surface area contributed by atoms with Crippen molar-refractivity contribution in [3.63, 3.8) is 0 Å². The standard InChI is InChI=1S/C15H34N2/c1-8-13(3)10-15(9-2,11-16)17(7)12-14(4,5)6/h13H,8-12,16H2,1-7H3. The first kappa shape index (κ1) is 16.9. The molecule has 0 aromatic heterocycles. The minimum absolute atomic E-state index is 0.183. The number of nitrogens with zero attached hydrogens (tertiary/aromatic N) is 1. The van der Waals surface area contributed by atoms with Crippen LogP contribution in [-0.4, -0.2) is 30.6 Å². The van der Waals surface area contributed by atoms with E-state index in [2.05, 4.69) is 53.5 Å². The maximum absolute atomic E-state index is 6.10. The largest absolute Gasteiger partial charge is 0.329 e. The second-order valence-electron chi connectivity index (χ2n) is 6.92. The quantitative estimate of drug-likeness (QED) is 0.740. The van der Waals surface area contributed by atoms with Gasteiger partial charge in [0.1, 0.15) is 0 Å². The Labute approximate surface area is 109 Å². The van der Waals surface area contributed by atoms with Crippen LogP contribution in [0.25, 0.3) is 0 Å². The van der Waals surface area contributed by atoms with Crippen molar-refractivity contribution in [1.29, 1.82) is 0 Å². The lowest BCUT2D eigenvalue weighted by molar-refractivity contribution is 0.0614. The van der Waals surface area contributed by atoms with E-state index < -0.39 is 0 Å². The van der Waals surface area contributed by atoms with Gasteiger partial charge in [-0.25, -0.2) is 0 Å². The minimum atomic E-state index is 0.183. The van der Waals surface area contributed by atoms with Crippen molar-refractivity contribution in [2.75, 3.05) is 20.1 Å². The normalized spacial score (nSPS) is 18.2. The molecule has 0 amide bonds. The van der Waals surface area contributed by atoms with Gasteiger partial charge in [-0.15, -0.1) is 0 Å². The van der Waals surface area contributed by atoms with Crippen LogP contribution in [0.3, 0.4) is 0 Å². The number of hydrogen-bond acceptors (Lipinski definition) is 2. The summed E-state index contributed by atoms with van der Waals surface area (Å²) in [5, 5.41) is 0. The van der Waals surface area contributed by atoms with Crippen LogP contribution in [0, 0.1) is 11.3 Å². The molecule has 0 heterocycles. The Kier molecular flexibility index (Phi) is 6.71. The van der Waals surface area contributed by atoms with Crippen LogP contribution in [0.4, 0.5) is 0 Å². The van der Waals surface area contributed by atoms with Crippen LogP contribution in [0.5, 0.6) is 0 Å². The third-order valence-electron chi connectivity index (χ3n) is 3.98. The fraction of sp³-hybridized carbons (Fsp3) is 1.00. The van der Waals surface area contributed by atoms with Gasteiger partial charge in [0.25, 0.3) is 0 Å². The van der Waals surface area contributed by atoms with Gasteiger partial charge in [-0.05, 0) is 31.2 Å². The van der Waals surface area contributed by atoms with E-state index >= 15 is 0 Å². The van der Waals surface area contributed by atoms with Gasteiger partial charge in [-0.3, -0.25) is 4.90 Å². The Morgan fingerprint density at radius 3 is 2.00 bits per heavy atom. The molecule has 17 heavy (non-hydrogen) atoms. The zero-order valence-corrected chi connectivity index (χ0v) is 13.1. The van der Waals surface area contributed by atoms with Crippen molar-refractivity contribution in [1.82, 2.24) is 4.90 Å². The second-order valence-corrected chi connectivity index (χ2v) is 6.92. The fourth-order valence-electron chi connectivity index (χ4n) is 2.63. The highest BCUT2D eigenvalue weighted by Crippen LogP contribution is 2.30. The molecule has 2 N–H and O–H groups in total. The lowest BCUT2D eigenvalue weighted by Gasteiger charge is -2.45. The van der Waals surface area contributed by atoms with E-state index in [-0.39, 0.29) is 5.54 Å². The summed E-state index contributed by atoms with van der Waals surface area (Å²) in [6.45, 7) is 15.6. The topological polar surface area (TPSA) is 29.3 Å². The zero-order valence-electron chi connectivity index (χ0n) is 13.1. The van der Waals surface area contributed by atoms with Crippen molar-refractivity contribution in [3.05, 3.63) is 0 Å². The van der Waals surface area contributed by atoms with Gasteiger partial charge in [0.05, 0.1) is 0 Å². The van der Waals surface area contributed by atoms with Crippen LogP contribution >= 0.6 is 0 Å². The number of rotatable bonds is 7. The average molecular weight is 242 g/mol. The van der Waals surface area contributed by atoms with Gasteiger partial charge in [0, 0.05) is 18.6 Å². The molecule has 2 atom stereocenters. The Hall–Kier alpha value is -0.0800. The molecule has 0 aliphatic carbocycles. The molecular formula is C15H34N2. The SMILES string of the molecule is CCC(C)CC(CC)(CN)N(C)CC(C)(C)C. The van der Waals surface area contributed by atoms with Gasteiger partial charge in [0.15, 0.2) is 0 Å². The maximum atomic E-state index is 6.10. The number of hydrogen-bond donors (Lipinski definition) is 1. The smallest absolute Gasteiger partial charge is 0.0328 e. The number of likely N-dealkylation sites (N-methyl/N-ethyl adjacent to an activating group) is 1. The van der Waals surface area contributed by atoms with Gasteiger partial charge < -0.3 is 5.73 Å². The molecule has 0 aliphatic heterocycles. The average Bonchev–Trinajstić information content (AvgIpc) is 2.23. The highest BCUT2D eigenvalue weighted by atomic mass is 15.2. The summed E-state index contributed by atoms with van der Waals surface area (Å²) in [7, 11) is 2.24. The fourth-order valence-corrected chi connectivity index (χ4v) is 2.63. The Morgan fingerprint density at radius 2 is 1.71 bits per heavy atom. The third kappa shape index (κ3) is 5.39. The summed E-state index contributed by atoms with van der Waals surface area (Å²) in [6.07, 6.45) is 3.59. The number of nitrogens with two attached hydrogens (primary N) is 1. The first-order chi connectivity index (χ1) is 7.70. The molecule has 2 unspecified atom stereocenters. The molecule has 0 rings (SSSR count). The highest BCUT2D eigenvalue weighted by Gasteiger charge is 2.34. The van der Waals surface area contributed by atoms with E-state index in [1.165, 1.54) is 12.8 Å². The maximum Gasteiger partial charge on any atom is 0.0328 e. The summed E-state index contributed by atoms with van der Waals surface area (Å²) in [4.78, 5) is 2.50. The third-order valence-corrected chi connectivity index (χ3v) is 3.98. The summed E-state index contributed by atoms with van der Waals surface area (Å²) < 4.78 is 0. The summed E-state index contributed by atoms with van der Waals surface area (Å²) in [5.41, 5.74) is 6.62. The molecule has 0 aliphatic rings. The molecule has 0 aromatic carbocycles. The van der Waals surface area contributed by atoms with Crippen molar-refractivity contribution in [3.8, 4) is 0 Å². The Bertz CT molecular complexity index is 201. The summed E-state index contributed by atoms with van der Waals surface area (Å²) in [6, 6.07) is 0. The van der Waals surface area contributed by atoms with Crippen LogP contribution in [-0.2, 0) is 0 Å². The molecule has 0 spiro atoms. The van der Waals surface area contributed by atoms with Crippen LogP contribution in [0.15, 0.2) is 0 Å². The van der Waals surface area contributed by atoms with Crippen LogP contribution in [0.2, 0.25) is 0 Å². The van der Waals surface area contributed by atoms with Gasteiger partial charge >= 0.3 is 0 Å². The minimum Gasteiger partial charge on any atom is -0.329 e. The molecule has 0 saturated heterocycles. The molecule has 0 bridgehead atoms. The van der Waals surface area contributed by atoms with E-state index in [0.29, 0.717) is 5.41 Å². The first-order valence-corrected chi connectivity index (χ1v) is 7.12. The predicted molar refractivity (Wildman–Crippen MR) is 78.2 cm³/mol. The van der Waals surface area contributed by atoms with Crippen molar-refractivity contribution < 1.29 is 0 Å². The molecule has 2 nitrogen and oxygen atoms in total. The van der Waals surface area contributed by atoms with Crippen LogP contribution < -0.4 is 5.73 Å².